The van der Waals surface area contributed by atoms with Crippen molar-refractivity contribution in [3.05, 3.63) is 114 Å². The van der Waals surface area contributed by atoms with Gasteiger partial charge in [0.1, 0.15) is 0 Å². The SMILES string of the molecule is O=C(C=CC=C(c1ccc(C(F)(F)F)cc1)c1ccoc1)Nc1cccc2cnccc12. The molecule has 4 aromatic rings. The van der Waals surface area contributed by atoms with Gasteiger partial charge in [-0.3, -0.25) is 9.78 Å². The molecule has 32 heavy (non-hydrogen) atoms. The van der Waals surface area contributed by atoms with Gasteiger partial charge in [0.15, 0.2) is 0 Å². The maximum Gasteiger partial charge on any atom is 0.416 e. The predicted molar refractivity (Wildman–Crippen MR) is 117 cm³/mol. The first-order valence-electron chi connectivity index (χ1n) is 9.64. The molecule has 1 amide bonds. The monoisotopic (exact) mass is 434 g/mol. The molecule has 0 saturated heterocycles. The summed E-state index contributed by atoms with van der Waals surface area (Å²) >= 11 is 0. The lowest BCUT2D eigenvalue weighted by Gasteiger charge is -2.09. The first-order chi connectivity index (χ1) is 15.4. The van der Waals surface area contributed by atoms with Crippen molar-refractivity contribution in [2.24, 2.45) is 0 Å². The van der Waals surface area contributed by atoms with Gasteiger partial charge in [0, 0.05) is 40.5 Å². The van der Waals surface area contributed by atoms with Crippen LogP contribution in [-0.2, 0) is 11.0 Å². The van der Waals surface area contributed by atoms with E-state index in [0.717, 1.165) is 22.9 Å². The molecular weight excluding hydrogens is 417 g/mol. The zero-order valence-corrected chi connectivity index (χ0v) is 16.6. The smallest absolute Gasteiger partial charge is 0.416 e. The molecule has 4 rings (SSSR count). The number of anilines is 1. The van der Waals surface area contributed by atoms with Crippen LogP contribution in [0.2, 0.25) is 0 Å². The van der Waals surface area contributed by atoms with Crippen molar-refractivity contribution in [3.63, 3.8) is 0 Å². The Morgan fingerprint density at radius 1 is 1.00 bits per heavy atom. The van der Waals surface area contributed by atoms with Gasteiger partial charge >= 0.3 is 6.18 Å². The summed E-state index contributed by atoms with van der Waals surface area (Å²) in [7, 11) is 0. The molecule has 0 bridgehead atoms. The Labute approximate surface area is 181 Å². The molecule has 1 N–H and O–H groups in total. The Bertz CT molecular complexity index is 1280. The molecule has 7 heteroatoms. The second-order valence-electron chi connectivity index (χ2n) is 6.92. The third-order valence-corrected chi connectivity index (χ3v) is 4.80. The molecule has 0 radical (unpaired) electrons. The summed E-state index contributed by atoms with van der Waals surface area (Å²) in [5, 5.41) is 4.60. The molecule has 160 valence electrons. The minimum atomic E-state index is -4.41. The maximum absolute atomic E-state index is 12.9. The Hall–Kier alpha value is -4.13. The van der Waals surface area contributed by atoms with Gasteiger partial charge in [-0.1, -0.05) is 36.4 Å². The number of carbonyl (C=O) groups is 1. The van der Waals surface area contributed by atoms with E-state index in [4.69, 9.17) is 4.42 Å². The molecular formula is C25H17F3N2O2. The molecule has 4 nitrogen and oxygen atoms in total. The van der Waals surface area contributed by atoms with Crippen LogP contribution in [0.3, 0.4) is 0 Å². The quantitative estimate of drug-likeness (QED) is 0.289. The zero-order chi connectivity index (χ0) is 22.6. The summed E-state index contributed by atoms with van der Waals surface area (Å²) in [6.07, 6.45) is 6.46. The topological polar surface area (TPSA) is 55.1 Å². The van der Waals surface area contributed by atoms with Gasteiger partial charge in [0.2, 0.25) is 5.91 Å². The molecule has 2 aromatic carbocycles. The fraction of sp³-hybridized carbons (Fsp3) is 0.0400. The second kappa shape index (κ2) is 8.93. The van der Waals surface area contributed by atoms with Gasteiger partial charge < -0.3 is 9.73 Å². The number of halogens is 3. The van der Waals surface area contributed by atoms with Crippen LogP contribution in [0.25, 0.3) is 16.3 Å². The number of pyridine rings is 1. The number of nitrogens with zero attached hydrogens (tertiary/aromatic N) is 1. The minimum absolute atomic E-state index is 0.343. The first-order valence-corrected chi connectivity index (χ1v) is 9.64. The van der Waals surface area contributed by atoms with Crippen LogP contribution < -0.4 is 5.32 Å². The van der Waals surface area contributed by atoms with E-state index in [0.29, 0.717) is 22.4 Å². The van der Waals surface area contributed by atoms with E-state index >= 15 is 0 Å². The van der Waals surface area contributed by atoms with Crippen molar-refractivity contribution >= 4 is 27.9 Å². The third-order valence-electron chi connectivity index (χ3n) is 4.80. The van der Waals surface area contributed by atoms with Crippen molar-refractivity contribution in [3.8, 4) is 0 Å². The van der Waals surface area contributed by atoms with Gasteiger partial charge in [-0.15, -0.1) is 0 Å². The molecule has 2 aromatic heterocycles. The van der Waals surface area contributed by atoms with Crippen molar-refractivity contribution in [2.45, 2.75) is 6.18 Å². The molecule has 0 saturated carbocycles. The molecule has 0 unspecified atom stereocenters. The molecule has 0 aliphatic carbocycles. The van der Waals surface area contributed by atoms with E-state index in [1.54, 1.807) is 36.7 Å². The molecule has 0 aliphatic rings. The normalized spacial score (nSPS) is 12.4. The number of furan rings is 1. The van der Waals surface area contributed by atoms with E-state index in [1.165, 1.54) is 30.7 Å². The number of hydrogen-bond donors (Lipinski definition) is 1. The van der Waals surface area contributed by atoms with Crippen LogP contribution in [0.5, 0.6) is 0 Å². The Balaban J connectivity index is 1.57. The van der Waals surface area contributed by atoms with Gasteiger partial charge in [0.05, 0.1) is 18.1 Å². The number of rotatable bonds is 5. The number of aromatic nitrogens is 1. The molecule has 2 heterocycles. The van der Waals surface area contributed by atoms with Crippen molar-refractivity contribution in [1.29, 1.82) is 0 Å². The number of benzene rings is 2. The van der Waals surface area contributed by atoms with Gasteiger partial charge in [0.25, 0.3) is 0 Å². The first kappa shape index (κ1) is 21.1. The molecule has 0 fully saturated rings. The summed E-state index contributed by atoms with van der Waals surface area (Å²) in [6, 6.07) is 13.9. The third kappa shape index (κ3) is 4.78. The van der Waals surface area contributed by atoms with Gasteiger partial charge in [-0.25, -0.2) is 0 Å². The number of alkyl halides is 3. The number of carbonyl (C=O) groups excluding carboxylic acids is 1. The standard InChI is InChI=1S/C25H17F3N2O2/c26-25(27,28)20-9-7-17(8-10-20)21(19-12-14-32-16-19)4-2-6-24(31)30-23-5-1-3-18-15-29-13-11-22(18)23/h1-16H,(H,30,31). The minimum Gasteiger partial charge on any atom is -0.472 e. The lowest BCUT2D eigenvalue weighted by molar-refractivity contribution is -0.137. The second-order valence-corrected chi connectivity index (χ2v) is 6.92. The Kier molecular flexibility index (Phi) is 5.89. The molecule has 0 aliphatic heterocycles. The van der Waals surface area contributed by atoms with E-state index in [1.807, 2.05) is 18.2 Å². The van der Waals surface area contributed by atoms with Gasteiger partial charge in [-0.2, -0.15) is 13.2 Å². The zero-order valence-electron chi connectivity index (χ0n) is 16.6. The van der Waals surface area contributed by atoms with E-state index in [2.05, 4.69) is 10.3 Å². The van der Waals surface area contributed by atoms with Crippen LogP contribution in [0, 0.1) is 0 Å². The van der Waals surface area contributed by atoms with E-state index < -0.39 is 11.7 Å². The lowest BCUT2D eigenvalue weighted by Crippen LogP contribution is -2.08. The largest absolute Gasteiger partial charge is 0.472 e. The summed E-state index contributed by atoms with van der Waals surface area (Å²) in [5.74, 6) is -0.343. The Morgan fingerprint density at radius 3 is 2.53 bits per heavy atom. The fourth-order valence-corrected chi connectivity index (χ4v) is 3.25. The fourth-order valence-electron chi connectivity index (χ4n) is 3.25. The summed E-state index contributed by atoms with van der Waals surface area (Å²) in [6.45, 7) is 0. The lowest BCUT2D eigenvalue weighted by atomic mass is 9.98. The predicted octanol–water partition coefficient (Wildman–Crippen LogP) is 6.47. The van der Waals surface area contributed by atoms with Crippen LogP contribution in [0.4, 0.5) is 18.9 Å². The number of nitrogens with one attached hydrogen (secondary N) is 1. The number of fused-ring (bicyclic) bond motifs is 1. The van der Waals surface area contributed by atoms with Gasteiger partial charge in [-0.05, 0) is 41.5 Å². The van der Waals surface area contributed by atoms with E-state index in [9.17, 15) is 18.0 Å². The highest BCUT2D eigenvalue weighted by atomic mass is 19.4. The van der Waals surface area contributed by atoms with Crippen LogP contribution in [0.1, 0.15) is 16.7 Å². The highest BCUT2D eigenvalue weighted by molar-refractivity contribution is 6.06. The Morgan fingerprint density at radius 2 is 1.81 bits per heavy atom. The van der Waals surface area contributed by atoms with Crippen molar-refractivity contribution < 1.29 is 22.4 Å². The van der Waals surface area contributed by atoms with Crippen LogP contribution in [0.15, 0.2) is 102 Å². The van der Waals surface area contributed by atoms with Crippen LogP contribution >= 0.6 is 0 Å². The number of hydrogen-bond acceptors (Lipinski definition) is 3. The van der Waals surface area contributed by atoms with Crippen molar-refractivity contribution in [1.82, 2.24) is 4.98 Å². The number of amides is 1. The average molecular weight is 434 g/mol. The maximum atomic E-state index is 12.9. The highest BCUT2D eigenvalue weighted by Crippen LogP contribution is 2.31. The number of allylic oxidation sites excluding steroid dienone is 2. The molecule has 0 atom stereocenters. The average Bonchev–Trinajstić information content (AvgIpc) is 3.31. The summed E-state index contributed by atoms with van der Waals surface area (Å²) in [5.41, 5.74) is 1.78. The summed E-state index contributed by atoms with van der Waals surface area (Å²) < 4.78 is 43.7. The summed E-state index contributed by atoms with van der Waals surface area (Å²) in [4.78, 5) is 16.5. The highest BCUT2D eigenvalue weighted by Gasteiger charge is 2.30. The van der Waals surface area contributed by atoms with Crippen molar-refractivity contribution in [2.75, 3.05) is 5.32 Å². The van der Waals surface area contributed by atoms with E-state index in [-0.39, 0.29) is 5.91 Å². The van der Waals surface area contributed by atoms with Crippen LogP contribution in [-0.4, -0.2) is 10.9 Å². The molecule has 0 spiro atoms.